The maximum absolute atomic E-state index is 12.4. The van der Waals surface area contributed by atoms with E-state index in [1.54, 1.807) is 10.8 Å². The first-order chi connectivity index (χ1) is 15.5. The molecule has 2 amide bonds. The van der Waals surface area contributed by atoms with Gasteiger partial charge in [-0.2, -0.15) is 5.10 Å². The van der Waals surface area contributed by atoms with Crippen LogP contribution in [0.2, 0.25) is 0 Å². The minimum absolute atomic E-state index is 0.279. The van der Waals surface area contributed by atoms with E-state index in [1.165, 1.54) is 19.9 Å². The summed E-state index contributed by atoms with van der Waals surface area (Å²) in [5.74, 6) is 1.17. The summed E-state index contributed by atoms with van der Waals surface area (Å²) in [6.45, 7) is 0.735. The number of amides is 2. The van der Waals surface area contributed by atoms with Crippen LogP contribution in [0.1, 0.15) is 18.4 Å². The van der Waals surface area contributed by atoms with Crippen molar-refractivity contribution in [1.82, 2.24) is 14.7 Å². The van der Waals surface area contributed by atoms with Crippen LogP contribution in [-0.4, -0.2) is 39.5 Å². The summed E-state index contributed by atoms with van der Waals surface area (Å²) < 4.78 is 8.56. The monoisotopic (exact) mass is 509 g/mol. The molecule has 1 aliphatic heterocycles. The van der Waals surface area contributed by atoms with Gasteiger partial charge in [-0.3, -0.25) is 14.5 Å². The van der Waals surface area contributed by atoms with Gasteiger partial charge in [-0.15, -0.1) is 0 Å². The standard InChI is InChI=1S/C24H20BrN3O3S/c1-27-23(29)21(32-24(27)30)12-17-13-28(18-5-3-2-4-6-18)26-22(17)16-9-10-20(19(25)11-16)31-14-15-7-8-15/h2-6,9-13,15H,7-8,14H2,1H3/b21-12-. The number of ether oxygens (including phenoxy) is 1. The number of benzene rings is 2. The predicted octanol–water partition coefficient (Wildman–Crippen LogP) is 5.76. The van der Waals surface area contributed by atoms with Crippen molar-refractivity contribution >= 4 is 44.9 Å². The molecule has 1 saturated carbocycles. The Kier molecular flexibility index (Phi) is 5.65. The lowest BCUT2D eigenvalue weighted by Gasteiger charge is -2.09. The lowest BCUT2D eigenvalue weighted by atomic mass is 10.1. The highest BCUT2D eigenvalue weighted by molar-refractivity contribution is 9.10. The van der Waals surface area contributed by atoms with Crippen LogP contribution in [0.15, 0.2) is 64.1 Å². The largest absolute Gasteiger partial charge is 0.492 e. The Morgan fingerprint density at radius 1 is 1.19 bits per heavy atom. The Bertz CT molecular complexity index is 1230. The molecule has 1 saturated heterocycles. The molecule has 0 unspecified atom stereocenters. The topological polar surface area (TPSA) is 64.4 Å². The summed E-state index contributed by atoms with van der Waals surface area (Å²) in [6, 6.07) is 15.6. The van der Waals surface area contributed by atoms with Gasteiger partial charge in [-0.1, -0.05) is 18.2 Å². The molecule has 0 atom stereocenters. The zero-order valence-corrected chi connectivity index (χ0v) is 19.7. The van der Waals surface area contributed by atoms with E-state index in [9.17, 15) is 9.59 Å². The van der Waals surface area contributed by atoms with Crippen LogP contribution in [0.5, 0.6) is 5.75 Å². The summed E-state index contributed by atoms with van der Waals surface area (Å²) in [6.07, 6.45) is 6.08. The number of para-hydroxylation sites is 1. The van der Waals surface area contributed by atoms with Crippen LogP contribution in [0.4, 0.5) is 4.79 Å². The van der Waals surface area contributed by atoms with Gasteiger partial charge in [-0.25, -0.2) is 4.68 Å². The third-order valence-corrected chi connectivity index (χ3v) is 6.99. The lowest BCUT2D eigenvalue weighted by Crippen LogP contribution is -2.22. The number of rotatable bonds is 6. The number of aromatic nitrogens is 2. The van der Waals surface area contributed by atoms with Gasteiger partial charge in [0.05, 0.1) is 21.7 Å². The van der Waals surface area contributed by atoms with Gasteiger partial charge >= 0.3 is 0 Å². The molecule has 3 aromatic rings. The maximum Gasteiger partial charge on any atom is 0.293 e. The Hall–Kier alpha value is -2.84. The first-order valence-corrected chi connectivity index (χ1v) is 11.9. The van der Waals surface area contributed by atoms with Crippen LogP contribution >= 0.6 is 27.7 Å². The zero-order valence-electron chi connectivity index (χ0n) is 17.3. The van der Waals surface area contributed by atoms with Gasteiger partial charge in [0.1, 0.15) is 11.4 Å². The number of imide groups is 1. The Morgan fingerprint density at radius 2 is 1.97 bits per heavy atom. The second kappa shape index (κ2) is 8.60. The normalized spacial score (nSPS) is 17.4. The first kappa shape index (κ1) is 21.0. The highest BCUT2D eigenvalue weighted by Gasteiger charge is 2.32. The van der Waals surface area contributed by atoms with Crippen molar-refractivity contribution in [2.75, 3.05) is 13.7 Å². The van der Waals surface area contributed by atoms with Gasteiger partial charge in [-0.05, 0) is 82.9 Å². The van der Waals surface area contributed by atoms with Crippen molar-refractivity contribution in [2.45, 2.75) is 12.8 Å². The fourth-order valence-corrected chi connectivity index (χ4v) is 4.69. The fourth-order valence-electron chi connectivity index (χ4n) is 3.37. The molecule has 0 spiro atoms. The van der Waals surface area contributed by atoms with Crippen LogP contribution in [-0.2, 0) is 4.79 Å². The van der Waals surface area contributed by atoms with Crippen LogP contribution in [0.3, 0.4) is 0 Å². The molecule has 6 nitrogen and oxygen atoms in total. The second-order valence-electron chi connectivity index (χ2n) is 7.85. The molecule has 2 fully saturated rings. The Labute approximate surface area is 198 Å². The van der Waals surface area contributed by atoms with E-state index >= 15 is 0 Å². The smallest absolute Gasteiger partial charge is 0.293 e. The number of likely N-dealkylation sites (N-methyl/N-ethyl adjacent to an activating group) is 1. The molecule has 1 aromatic heterocycles. The van der Waals surface area contributed by atoms with E-state index in [0.717, 1.165) is 50.3 Å². The summed E-state index contributed by atoms with van der Waals surface area (Å²) in [4.78, 5) is 25.9. The zero-order chi connectivity index (χ0) is 22.2. The third-order valence-electron chi connectivity index (χ3n) is 5.41. The number of hydrogen-bond donors (Lipinski definition) is 0. The summed E-state index contributed by atoms with van der Waals surface area (Å²) in [5.41, 5.74) is 3.25. The van der Waals surface area contributed by atoms with E-state index in [1.807, 2.05) is 54.7 Å². The molecule has 162 valence electrons. The second-order valence-corrected chi connectivity index (χ2v) is 9.70. The molecule has 2 heterocycles. The van der Waals surface area contributed by atoms with E-state index in [0.29, 0.717) is 16.5 Å². The van der Waals surface area contributed by atoms with Gasteiger partial charge in [0.2, 0.25) is 0 Å². The fraction of sp³-hybridized carbons (Fsp3) is 0.208. The molecule has 0 radical (unpaired) electrons. The maximum atomic E-state index is 12.4. The number of hydrogen-bond acceptors (Lipinski definition) is 5. The molecule has 1 aliphatic carbocycles. The Balaban J connectivity index is 1.54. The van der Waals surface area contributed by atoms with E-state index in [-0.39, 0.29) is 11.1 Å². The van der Waals surface area contributed by atoms with Crippen molar-refractivity contribution < 1.29 is 14.3 Å². The van der Waals surface area contributed by atoms with E-state index in [2.05, 4.69) is 15.9 Å². The van der Waals surface area contributed by atoms with Crippen molar-refractivity contribution in [3.8, 4) is 22.7 Å². The number of carbonyl (C=O) groups is 2. The molecule has 2 aliphatic rings. The number of carbonyl (C=O) groups excluding carboxylic acids is 2. The highest BCUT2D eigenvalue weighted by atomic mass is 79.9. The average molecular weight is 510 g/mol. The van der Waals surface area contributed by atoms with Crippen molar-refractivity contribution in [2.24, 2.45) is 5.92 Å². The molecule has 0 N–H and O–H groups in total. The molecule has 32 heavy (non-hydrogen) atoms. The van der Waals surface area contributed by atoms with Crippen molar-refractivity contribution in [1.29, 1.82) is 0 Å². The third kappa shape index (κ3) is 4.25. The quantitative estimate of drug-likeness (QED) is 0.395. The van der Waals surface area contributed by atoms with Crippen LogP contribution < -0.4 is 4.74 Å². The molecule has 0 bridgehead atoms. The van der Waals surface area contributed by atoms with Crippen molar-refractivity contribution in [3.05, 3.63) is 69.7 Å². The first-order valence-electron chi connectivity index (χ1n) is 10.3. The number of halogens is 1. The average Bonchev–Trinajstić information content (AvgIpc) is 3.49. The molecule has 2 aromatic carbocycles. The van der Waals surface area contributed by atoms with Gasteiger partial charge in [0.15, 0.2) is 0 Å². The van der Waals surface area contributed by atoms with Crippen LogP contribution in [0.25, 0.3) is 23.0 Å². The molecule has 8 heteroatoms. The predicted molar refractivity (Wildman–Crippen MR) is 129 cm³/mol. The van der Waals surface area contributed by atoms with E-state index in [4.69, 9.17) is 9.84 Å². The summed E-state index contributed by atoms with van der Waals surface area (Å²) in [7, 11) is 1.49. The van der Waals surface area contributed by atoms with Crippen molar-refractivity contribution in [3.63, 3.8) is 0 Å². The van der Waals surface area contributed by atoms with Crippen LogP contribution in [0, 0.1) is 5.92 Å². The van der Waals surface area contributed by atoms with Gasteiger partial charge < -0.3 is 4.74 Å². The number of nitrogens with zero attached hydrogens (tertiary/aromatic N) is 3. The molecular weight excluding hydrogens is 490 g/mol. The SMILES string of the molecule is CN1C(=O)S/C(=C\c2cn(-c3ccccc3)nc2-c2ccc(OCC3CC3)c(Br)c2)C1=O. The minimum Gasteiger partial charge on any atom is -0.492 e. The van der Waals surface area contributed by atoms with Gasteiger partial charge in [0, 0.05) is 24.4 Å². The number of thioether (sulfide) groups is 1. The summed E-state index contributed by atoms with van der Waals surface area (Å²) >= 11 is 4.56. The van der Waals surface area contributed by atoms with E-state index < -0.39 is 0 Å². The van der Waals surface area contributed by atoms with Gasteiger partial charge in [0.25, 0.3) is 11.1 Å². The highest BCUT2D eigenvalue weighted by Crippen LogP contribution is 2.37. The molecular formula is C24H20BrN3O3S. The molecule has 5 rings (SSSR count). The summed E-state index contributed by atoms with van der Waals surface area (Å²) in [5, 5.41) is 4.52. The lowest BCUT2D eigenvalue weighted by molar-refractivity contribution is -0.121. The Morgan fingerprint density at radius 3 is 2.62 bits per heavy atom. The minimum atomic E-state index is -0.302.